The number of aliphatic hydroxyl groups excluding tert-OH is 22. The zero-order chi connectivity index (χ0) is 77.4. The lowest BCUT2D eigenvalue weighted by molar-refractivity contribution is -0.397. The molecule has 608 valence electrons. The molecular weight excluding hydrogens is 1430 g/mol. The van der Waals surface area contributed by atoms with Gasteiger partial charge in [0.25, 0.3) is 0 Å². The van der Waals surface area contributed by atoms with E-state index in [1.807, 2.05) is 0 Å². The Labute approximate surface area is 597 Å². The van der Waals surface area contributed by atoms with Crippen molar-refractivity contribution in [2.75, 3.05) is 33.0 Å². The molecule has 0 unspecified atom stereocenters. The van der Waals surface area contributed by atoms with Crippen molar-refractivity contribution in [1.29, 1.82) is 0 Å². The van der Waals surface area contributed by atoms with Crippen LogP contribution in [0.3, 0.4) is 0 Å². The van der Waals surface area contributed by atoms with Gasteiger partial charge in [-0.15, -0.1) is 0 Å². The third-order valence-electron chi connectivity index (χ3n) is 19.8. The monoisotopic (exact) mass is 1540 g/mol. The second-order valence-corrected chi connectivity index (χ2v) is 27.4. The fourth-order valence-electron chi connectivity index (χ4n) is 13.8. The highest BCUT2D eigenvalue weighted by Gasteiger charge is 2.61. The number of hydrogen-bond acceptors (Lipinski definition) is 42. The van der Waals surface area contributed by atoms with Gasteiger partial charge in [-0.05, 0) is 27.7 Å². The molecule has 9 fully saturated rings. The van der Waals surface area contributed by atoms with E-state index in [2.05, 4.69) is 16.0 Å². The predicted octanol–water partition coefficient (Wildman–Crippen LogP) is -16.1. The minimum Gasteiger partial charge on any atom is -0.394 e. The summed E-state index contributed by atoms with van der Waals surface area (Å²) in [7, 11) is 0. The van der Waals surface area contributed by atoms with Crippen molar-refractivity contribution >= 4 is 17.7 Å². The summed E-state index contributed by atoms with van der Waals surface area (Å²) in [6.07, 6.45) is -81.1. The Balaban J connectivity index is 1.05. The van der Waals surface area contributed by atoms with Crippen LogP contribution in [0.25, 0.3) is 0 Å². The maximum absolute atomic E-state index is 13.5. The van der Waals surface area contributed by atoms with E-state index < -0.39 is 327 Å². The summed E-state index contributed by atoms with van der Waals surface area (Å²) in [6, 6.07) is -5.75. The zero-order valence-electron chi connectivity index (χ0n) is 57.5. The van der Waals surface area contributed by atoms with Gasteiger partial charge in [-0.25, -0.2) is 0 Å². The summed E-state index contributed by atoms with van der Waals surface area (Å²) < 4.78 is 103. The summed E-state index contributed by atoms with van der Waals surface area (Å²) in [5.41, 5.74) is 0. The fourth-order valence-corrected chi connectivity index (χ4v) is 13.8. The number of hydrogen-bond donors (Lipinski definition) is 25. The van der Waals surface area contributed by atoms with E-state index in [0.717, 1.165) is 20.8 Å². The number of ether oxygens (including phenoxy) is 17. The number of amides is 3. The Hall–Kier alpha value is -3.15. The molecule has 0 saturated carbocycles. The molecule has 0 aliphatic carbocycles. The van der Waals surface area contributed by atoms with E-state index >= 15 is 0 Å². The molecule has 9 rings (SSSR count). The first-order valence-electron chi connectivity index (χ1n) is 34.1. The van der Waals surface area contributed by atoms with Crippen molar-refractivity contribution in [2.24, 2.45) is 0 Å². The average Bonchev–Trinajstić information content (AvgIpc) is 0.756. The Morgan fingerprint density at radius 1 is 0.267 bits per heavy atom. The van der Waals surface area contributed by atoms with Crippen LogP contribution in [0.5, 0.6) is 0 Å². The number of carbonyl (C=O) groups excluding carboxylic acids is 3. The van der Waals surface area contributed by atoms with Crippen LogP contribution in [0, 0.1) is 0 Å². The highest BCUT2D eigenvalue weighted by atomic mass is 16.8. The van der Waals surface area contributed by atoms with Crippen molar-refractivity contribution in [3.05, 3.63) is 0 Å². The highest BCUT2D eigenvalue weighted by molar-refractivity contribution is 5.74. The summed E-state index contributed by atoms with van der Waals surface area (Å²) in [5.74, 6) is -2.80. The van der Waals surface area contributed by atoms with Crippen molar-refractivity contribution < 1.29 is 207 Å². The standard InChI is InChI=1S/C60H101N3O42/c1-13-28(71)35(78)41(84)55(90-13)102-48-26(62-18(6)69)53(97-22(10-66)45(48)99-59-50(39(82)32(75)20(8-64)95-59)104-57-43(86)37(80)30(73)15(3)92-57)89-12-24-34(77)47(25(52(88)94-24)61-17(5)68)101-54-27(63-19(7)70)49(103-56-42(85)36(79)29(72)14(2)91-56)46(23(11-67)98-54)100-60-51(40(83)33(76)21(9-65)96-60)105-58-44(87)38(81)31(74)16(4)93-58/h13-16,20-60,64-67,71-88H,8-12H2,1-7H3,(H,61,68)(H,62,69)(H,63,70)/t13-,14-,15-,16-,20+,21+,22+,23+,24+,25+,26+,27+,28+,29+,30+,31+,32-,33-,34-,35+,36+,37+,38+,39-,40-,41-,42-,43-,44-,45+,46+,47+,48+,49+,50+,51+,52-,53+,54-,55-,56-,57-,58-,59-,60-/m0/s1. The molecule has 25 N–H and O–H groups in total. The van der Waals surface area contributed by atoms with Gasteiger partial charge in [0.15, 0.2) is 56.6 Å². The van der Waals surface area contributed by atoms with Gasteiger partial charge < -0.3 is 209 Å². The van der Waals surface area contributed by atoms with Gasteiger partial charge in [0, 0.05) is 20.8 Å². The number of aliphatic hydroxyl groups is 22. The first-order chi connectivity index (χ1) is 49.5. The van der Waals surface area contributed by atoms with E-state index in [0.29, 0.717) is 0 Å². The Bertz CT molecular complexity index is 2770. The van der Waals surface area contributed by atoms with Gasteiger partial charge in [-0.3, -0.25) is 14.4 Å². The summed E-state index contributed by atoms with van der Waals surface area (Å²) in [5, 5.41) is 251. The molecule has 9 aliphatic heterocycles. The first-order valence-corrected chi connectivity index (χ1v) is 34.1. The third kappa shape index (κ3) is 18.7. The number of carbonyl (C=O) groups is 3. The van der Waals surface area contributed by atoms with Crippen molar-refractivity contribution in [3.8, 4) is 0 Å². The molecule has 9 aliphatic rings. The molecule has 0 spiro atoms. The predicted molar refractivity (Wildman–Crippen MR) is 326 cm³/mol. The van der Waals surface area contributed by atoms with Gasteiger partial charge in [0.2, 0.25) is 17.7 Å². The molecule has 45 nitrogen and oxygen atoms in total. The maximum Gasteiger partial charge on any atom is 0.217 e. The van der Waals surface area contributed by atoms with E-state index in [1.165, 1.54) is 27.7 Å². The van der Waals surface area contributed by atoms with Crippen LogP contribution in [-0.4, -0.2) is 439 Å². The van der Waals surface area contributed by atoms with Crippen LogP contribution in [-0.2, 0) is 94.9 Å². The van der Waals surface area contributed by atoms with Gasteiger partial charge >= 0.3 is 0 Å². The van der Waals surface area contributed by atoms with Crippen LogP contribution in [0.2, 0.25) is 0 Å². The molecule has 9 heterocycles. The van der Waals surface area contributed by atoms with Gasteiger partial charge in [-0.2, -0.15) is 0 Å². The molecular formula is C60H101N3O42. The minimum absolute atomic E-state index is 0.913. The second-order valence-electron chi connectivity index (χ2n) is 27.4. The van der Waals surface area contributed by atoms with Crippen LogP contribution in [0.1, 0.15) is 48.5 Å². The lowest BCUT2D eigenvalue weighted by atomic mass is 9.93. The van der Waals surface area contributed by atoms with E-state index in [1.54, 1.807) is 0 Å². The smallest absolute Gasteiger partial charge is 0.217 e. The molecule has 45 heteroatoms. The van der Waals surface area contributed by atoms with Crippen molar-refractivity contribution in [3.63, 3.8) is 0 Å². The zero-order valence-corrected chi connectivity index (χ0v) is 57.5. The topological polar surface area (TPSA) is 689 Å². The fraction of sp³-hybridized carbons (Fsp3) is 0.950. The average molecular weight is 1540 g/mol. The summed E-state index contributed by atoms with van der Waals surface area (Å²) in [4.78, 5) is 40.0. The maximum atomic E-state index is 13.5. The lowest BCUT2D eigenvalue weighted by Gasteiger charge is -2.52. The van der Waals surface area contributed by atoms with Crippen molar-refractivity contribution in [2.45, 2.75) is 325 Å². The summed E-state index contributed by atoms with van der Waals surface area (Å²) in [6.45, 7) is 2.57. The lowest BCUT2D eigenvalue weighted by Crippen LogP contribution is -2.72. The number of rotatable bonds is 24. The Morgan fingerprint density at radius 3 is 0.886 bits per heavy atom. The molecule has 0 bridgehead atoms. The van der Waals surface area contributed by atoms with E-state index in [4.69, 9.17) is 80.5 Å². The van der Waals surface area contributed by atoms with Gasteiger partial charge in [-0.1, -0.05) is 0 Å². The molecule has 0 aromatic carbocycles. The van der Waals surface area contributed by atoms with Crippen LogP contribution < -0.4 is 16.0 Å². The largest absolute Gasteiger partial charge is 0.394 e. The van der Waals surface area contributed by atoms with E-state index in [-0.39, 0.29) is 0 Å². The molecule has 105 heavy (non-hydrogen) atoms. The highest BCUT2D eigenvalue weighted by Crippen LogP contribution is 2.41. The summed E-state index contributed by atoms with van der Waals surface area (Å²) >= 11 is 0. The third-order valence-corrected chi connectivity index (χ3v) is 19.8. The van der Waals surface area contributed by atoms with Gasteiger partial charge in [0.1, 0.15) is 195 Å². The normalized spacial score (nSPS) is 51.5. The molecule has 0 radical (unpaired) electrons. The molecule has 0 aromatic rings. The van der Waals surface area contributed by atoms with Crippen molar-refractivity contribution in [1.82, 2.24) is 16.0 Å². The molecule has 0 aromatic heterocycles. The Kier molecular flexibility index (Phi) is 29.9. The molecule has 3 amide bonds. The van der Waals surface area contributed by atoms with Crippen LogP contribution >= 0.6 is 0 Å². The van der Waals surface area contributed by atoms with Gasteiger partial charge in [0.05, 0.1) is 57.5 Å². The van der Waals surface area contributed by atoms with Crippen LogP contribution in [0.15, 0.2) is 0 Å². The van der Waals surface area contributed by atoms with E-state index in [9.17, 15) is 127 Å². The first kappa shape index (κ1) is 85.8. The quantitative estimate of drug-likeness (QED) is 0.0427. The molecule has 9 saturated heterocycles. The number of nitrogens with one attached hydrogen (secondary N) is 3. The molecule has 45 atom stereocenters. The second kappa shape index (κ2) is 36.6. The minimum atomic E-state index is -2.28. The SMILES string of the molecule is CC(=O)N[C@@H]1[C@@H](O[C@@H]2O[C@H](CO)[C@@H](O[C@@H]3O[C@H](CO)[C@H](O)[C@H](O)[C@H]3O[C@@H]3O[C@@H](C)[C@@H](O)[C@@H](O)[C@@H]3O)[C@H](O[C@@H]3O[C@@H](C)[C@@H](O)[C@@H](O)[C@@H]3O)[C@H]2NC(C)=O)[C@@H](O)[C@@H](CO[C@@H]2O[C@H](CO)[C@@H](O[C@@H]3O[C@H](CO)[C@H](O)[C@H](O)[C@H]3O[C@@H]3O[C@@H](C)[C@@H](O)[C@@H](O)[C@@H]3O)[C@H](O[C@@H]3O[C@@H](C)[C@@H](O)[C@@H](O)[C@@H]3O)[C@H]2NC(C)=O)O[C@@H]1O. The Morgan fingerprint density at radius 2 is 0.552 bits per heavy atom. The van der Waals surface area contributed by atoms with Crippen LogP contribution in [0.4, 0.5) is 0 Å².